The minimum Gasteiger partial charge on any atom is -0.369 e. The Hall–Kier alpha value is -1.95. The summed E-state index contributed by atoms with van der Waals surface area (Å²) in [5.41, 5.74) is 6.38. The molecule has 17 heavy (non-hydrogen) atoms. The van der Waals surface area contributed by atoms with E-state index in [9.17, 15) is 8.78 Å². The van der Waals surface area contributed by atoms with Gasteiger partial charge in [0, 0.05) is 10.9 Å². The fourth-order valence-corrected chi connectivity index (χ4v) is 2.60. The van der Waals surface area contributed by atoms with Gasteiger partial charge in [0.1, 0.15) is 16.5 Å². The Kier molecular flexibility index (Phi) is 2.12. The van der Waals surface area contributed by atoms with Gasteiger partial charge in [0.25, 0.3) is 0 Å². The maximum atomic E-state index is 13.7. The molecule has 0 amide bonds. The van der Waals surface area contributed by atoms with Gasteiger partial charge in [-0.1, -0.05) is 0 Å². The molecule has 0 bridgehead atoms. The van der Waals surface area contributed by atoms with Crippen LogP contribution in [0.15, 0.2) is 29.8 Å². The second-order valence-electron chi connectivity index (χ2n) is 3.54. The normalized spacial score (nSPS) is 11.2. The highest BCUT2D eigenvalue weighted by atomic mass is 32.1. The highest BCUT2D eigenvalue weighted by Gasteiger charge is 2.14. The van der Waals surface area contributed by atoms with Crippen molar-refractivity contribution in [2.24, 2.45) is 0 Å². The van der Waals surface area contributed by atoms with Crippen molar-refractivity contribution in [3.63, 3.8) is 0 Å². The number of rotatable bonds is 1. The van der Waals surface area contributed by atoms with Gasteiger partial charge in [-0.25, -0.2) is 13.8 Å². The molecule has 6 heteroatoms. The van der Waals surface area contributed by atoms with Gasteiger partial charge < -0.3 is 5.73 Å². The molecular formula is C11H7F2N3S. The van der Waals surface area contributed by atoms with Crippen LogP contribution < -0.4 is 5.73 Å². The SMILES string of the molecule is Nc1ncc2scc(-c3cc(F)ccc3F)n12. The van der Waals surface area contributed by atoms with Gasteiger partial charge >= 0.3 is 0 Å². The summed E-state index contributed by atoms with van der Waals surface area (Å²) >= 11 is 1.38. The van der Waals surface area contributed by atoms with E-state index < -0.39 is 11.6 Å². The molecule has 2 aromatic heterocycles. The molecule has 0 aliphatic carbocycles. The predicted octanol–water partition coefficient (Wildman–Crippen LogP) is 2.92. The van der Waals surface area contributed by atoms with Crippen LogP contribution in [0, 0.1) is 11.6 Å². The van der Waals surface area contributed by atoms with Gasteiger partial charge in [-0.3, -0.25) is 4.40 Å². The lowest BCUT2D eigenvalue weighted by Gasteiger charge is -2.03. The van der Waals surface area contributed by atoms with Crippen LogP contribution in [0.3, 0.4) is 0 Å². The van der Waals surface area contributed by atoms with E-state index in [1.54, 1.807) is 16.0 Å². The first kappa shape index (κ1) is 10.2. The number of imidazole rings is 1. The van der Waals surface area contributed by atoms with Crippen molar-refractivity contribution in [2.45, 2.75) is 0 Å². The fourth-order valence-electron chi connectivity index (χ4n) is 1.72. The number of aromatic nitrogens is 2. The predicted molar refractivity (Wildman–Crippen MR) is 62.8 cm³/mol. The Morgan fingerprint density at radius 3 is 2.94 bits per heavy atom. The van der Waals surface area contributed by atoms with Gasteiger partial charge in [-0.05, 0) is 18.2 Å². The van der Waals surface area contributed by atoms with Crippen molar-refractivity contribution in [2.75, 3.05) is 5.73 Å². The molecule has 0 aliphatic rings. The molecular weight excluding hydrogens is 244 g/mol. The Labute approximate surface area is 99.1 Å². The summed E-state index contributed by atoms with van der Waals surface area (Å²) < 4.78 is 28.4. The van der Waals surface area contributed by atoms with Crippen LogP contribution in [0.1, 0.15) is 0 Å². The number of hydrogen-bond acceptors (Lipinski definition) is 3. The highest BCUT2D eigenvalue weighted by Crippen LogP contribution is 2.30. The summed E-state index contributed by atoms with van der Waals surface area (Å²) in [7, 11) is 0. The van der Waals surface area contributed by atoms with E-state index in [4.69, 9.17) is 5.73 Å². The molecule has 3 rings (SSSR count). The van der Waals surface area contributed by atoms with Crippen molar-refractivity contribution in [3.05, 3.63) is 41.4 Å². The van der Waals surface area contributed by atoms with Crippen LogP contribution in [0.4, 0.5) is 14.7 Å². The summed E-state index contributed by atoms with van der Waals surface area (Å²) in [6, 6.07) is 3.33. The number of halogens is 2. The van der Waals surface area contributed by atoms with E-state index in [-0.39, 0.29) is 11.5 Å². The summed E-state index contributed by atoms with van der Waals surface area (Å²) in [6.45, 7) is 0. The van der Waals surface area contributed by atoms with Gasteiger partial charge in [0.15, 0.2) is 0 Å². The lowest BCUT2D eigenvalue weighted by atomic mass is 10.1. The smallest absolute Gasteiger partial charge is 0.206 e. The molecule has 0 saturated heterocycles. The third-order valence-electron chi connectivity index (χ3n) is 2.49. The average molecular weight is 251 g/mol. The van der Waals surface area contributed by atoms with Crippen molar-refractivity contribution < 1.29 is 8.78 Å². The van der Waals surface area contributed by atoms with Crippen LogP contribution in [-0.2, 0) is 0 Å². The van der Waals surface area contributed by atoms with Crippen LogP contribution >= 0.6 is 11.3 Å². The molecule has 2 N–H and O–H groups in total. The molecule has 0 aliphatic heterocycles. The first-order valence-electron chi connectivity index (χ1n) is 4.82. The third-order valence-corrected chi connectivity index (χ3v) is 3.36. The van der Waals surface area contributed by atoms with E-state index in [2.05, 4.69) is 4.98 Å². The largest absolute Gasteiger partial charge is 0.369 e. The van der Waals surface area contributed by atoms with E-state index in [0.717, 1.165) is 23.0 Å². The lowest BCUT2D eigenvalue weighted by Crippen LogP contribution is -1.96. The number of nitrogens with two attached hydrogens (primary N) is 1. The highest BCUT2D eigenvalue weighted by molar-refractivity contribution is 7.16. The molecule has 3 aromatic rings. The molecule has 0 saturated carbocycles. The van der Waals surface area contributed by atoms with Gasteiger partial charge in [-0.2, -0.15) is 0 Å². The molecule has 3 nitrogen and oxygen atoms in total. The quantitative estimate of drug-likeness (QED) is 0.722. The maximum absolute atomic E-state index is 13.7. The number of nitrogen functional groups attached to an aromatic ring is 1. The number of thiazole rings is 1. The maximum Gasteiger partial charge on any atom is 0.206 e. The van der Waals surface area contributed by atoms with Gasteiger partial charge in [-0.15, -0.1) is 11.3 Å². The fraction of sp³-hybridized carbons (Fsp3) is 0. The summed E-state index contributed by atoms with van der Waals surface area (Å²) in [4.78, 5) is 4.72. The van der Waals surface area contributed by atoms with E-state index in [1.807, 2.05) is 0 Å². The number of benzene rings is 1. The molecule has 1 aromatic carbocycles. The molecule has 0 radical (unpaired) electrons. The number of nitrogens with zero attached hydrogens (tertiary/aromatic N) is 2. The van der Waals surface area contributed by atoms with Crippen LogP contribution in [0.5, 0.6) is 0 Å². The topological polar surface area (TPSA) is 43.3 Å². The third kappa shape index (κ3) is 1.49. The van der Waals surface area contributed by atoms with Crippen molar-refractivity contribution in [3.8, 4) is 11.3 Å². The Balaban J connectivity index is 2.33. The number of anilines is 1. The van der Waals surface area contributed by atoms with Crippen LogP contribution in [0.2, 0.25) is 0 Å². The minimum absolute atomic E-state index is 0.181. The number of hydrogen-bond donors (Lipinski definition) is 1. The van der Waals surface area contributed by atoms with Crippen molar-refractivity contribution >= 4 is 22.1 Å². The monoisotopic (exact) mass is 251 g/mol. The zero-order chi connectivity index (χ0) is 12.0. The average Bonchev–Trinajstić information content (AvgIpc) is 2.86. The lowest BCUT2D eigenvalue weighted by molar-refractivity contribution is 0.602. The summed E-state index contributed by atoms with van der Waals surface area (Å²) in [6.07, 6.45) is 1.60. The minimum atomic E-state index is -0.487. The first-order valence-corrected chi connectivity index (χ1v) is 5.70. The van der Waals surface area contributed by atoms with Crippen molar-refractivity contribution in [1.82, 2.24) is 9.38 Å². The summed E-state index contributed by atoms with van der Waals surface area (Å²) in [5, 5.41) is 1.73. The second-order valence-corrected chi connectivity index (χ2v) is 4.42. The Bertz CT molecular complexity index is 702. The zero-order valence-corrected chi connectivity index (χ0v) is 9.34. The Morgan fingerprint density at radius 2 is 2.12 bits per heavy atom. The standard InChI is InChI=1S/C11H7F2N3S/c12-6-1-2-8(13)7(3-6)9-5-17-10-4-15-11(14)16(9)10/h1-5H,(H2,14,15). The number of fused-ring (bicyclic) bond motifs is 1. The van der Waals surface area contributed by atoms with Crippen LogP contribution in [-0.4, -0.2) is 9.38 Å². The first-order chi connectivity index (χ1) is 8.16. The van der Waals surface area contributed by atoms with E-state index >= 15 is 0 Å². The summed E-state index contributed by atoms with van der Waals surface area (Å²) in [5.74, 6) is -0.710. The van der Waals surface area contributed by atoms with Gasteiger partial charge in [0.2, 0.25) is 5.95 Å². The van der Waals surface area contributed by atoms with E-state index in [1.165, 1.54) is 11.3 Å². The van der Waals surface area contributed by atoms with Crippen LogP contribution in [0.25, 0.3) is 16.1 Å². The molecule has 0 fully saturated rings. The molecule has 86 valence electrons. The molecule has 0 unspecified atom stereocenters. The van der Waals surface area contributed by atoms with Gasteiger partial charge in [0.05, 0.1) is 11.9 Å². The molecule has 0 atom stereocenters. The Morgan fingerprint density at radius 1 is 1.29 bits per heavy atom. The van der Waals surface area contributed by atoms with Crippen molar-refractivity contribution in [1.29, 1.82) is 0 Å². The van der Waals surface area contributed by atoms with E-state index in [0.29, 0.717) is 5.69 Å². The molecule has 2 heterocycles. The zero-order valence-electron chi connectivity index (χ0n) is 8.52. The second kappa shape index (κ2) is 3.53. The molecule has 0 spiro atoms.